The second kappa shape index (κ2) is 12.3. The van der Waals surface area contributed by atoms with Crippen LogP contribution in [-0.2, 0) is 19.9 Å². The quantitative estimate of drug-likeness (QED) is 0.190. The van der Waals surface area contributed by atoms with E-state index in [0.717, 1.165) is 0 Å². The fourth-order valence-corrected chi connectivity index (χ4v) is 7.56. The Morgan fingerprint density at radius 2 is 1.49 bits per heavy atom. The minimum Gasteiger partial charge on any atom is -0.456 e. The summed E-state index contributed by atoms with van der Waals surface area (Å²) in [5.74, 6) is 0.652. The predicted octanol–water partition coefficient (Wildman–Crippen LogP) is 7.02. The third-order valence-corrected chi connectivity index (χ3v) is 10.4. The minimum absolute atomic E-state index is 0.00781. The average molecular weight is 620 g/mol. The fourth-order valence-electron chi connectivity index (χ4n) is 3.41. The standard InChI is InChI=1S/C27H20Cl2N2O5S3/c28-19-8-12-21(13-9-19)38(32,33)17-16-37-27-7-2-1-5-25(27)31-39(34,35)22-14-10-20(11-15-22)36-26-6-3-4-24(29)23(26)18-30/h1-15,31H,16-17H2. The molecule has 0 aliphatic heterocycles. The zero-order valence-electron chi connectivity index (χ0n) is 20.0. The lowest BCUT2D eigenvalue weighted by Gasteiger charge is -2.13. The van der Waals surface area contributed by atoms with Crippen LogP contribution in [0.5, 0.6) is 11.5 Å². The average Bonchev–Trinajstić information content (AvgIpc) is 2.90. The van der Waals surface area contributed by atoms with Gasteiger partial charge >= 0.3 is 0 Å². The van der Waals surface area contributed by atoms with Gasteiger partial charge in [-0.05, 0) is 72.8 Å². The fraction of sp³-hybridized carbons (Fsp3) is 0.0741. The van der Waals surface area contributed by atoms with Crippen molar-refractivity contribution in [3.8, 4) is 17.6 Å². The van der Waals surface area contributed by atoms with Crippen LogP contribution in [0.2, 0.25) is 10.0 Å². The number of halogens is 2. The first kappa shape index (κ1) is 28.8. The molecule has 39 heavy (non-hydrogen) atoms. The van der Waals surface area contributed by atoms with Crippen molar-refractivity contribution < 1.29 is 21.6 Å². The van der Waals surface area contributed by atoms with Crippen LogP contribution in [0.1, 0.15) is 5.56 Å². The molecule has 4 aromatic rings. The van der Waals surface area contributed by atoms with Gasteiger partial charge in [0.05, 0.1) is 26.3 Å². The topological polar surface area (TPSA) is 113 Å². The Balaban J connectivity index is 1.44. The van der Waals surface area contributed by atoms with Crippen LogP contribution in [0.3, 0.4) is 0 Å². The molecule has 0 aliphatic carbocycles. The van der Waals surface area contributed by atoms with Gasteiger partial charge < -0.3 is 4.74 Å². The van der Waals surface area contributed by atoms with Gasteiger partial charge in [-0.15, -0.1) is 11.8 Å². The highest BCUT2D eigenvalue weighted by molar-refractivity contribution is 8.01. The van der Waals surface area contributed by atoms with Gasteiger partial charge in [0.1, 0.15) is 23.1 Å². The monoisotopic (exact) mass is 618 g/mol. The number of rotatable bonds is 10. The van der Waals surface area contributed by atoms with Crippen LogP contribution in [0.15, 0.2) is 106 Å². The summed E-state index contributed by atoms with van der Waals surface area (Å²) >= 11 is 13.1. The van der Waals surface area contributed by atoms with Gasteiger partial charge in [0, 0.05) is 15.7 Å². The number of nitrogens with zero attached hydrogens (tertiary/aromatic N) is 1. The molecule has 0 saturated heterocycles. The van der Waals surface area contributed by atoms with Crippen molar-refractivity contribution in [1.82, 2.24) is 0 Å². The molecule has 0 amide bonds. The molecular formula is C27H20Cl2N2O5S3. The molecule has 0 unspecified atom stereocenters. The molecule has 0 bridgehead atoms. The molecule has 0 heterocycles. The molecule has 0 spiro atoms. The van der Waals surface area contributed by atoms with E-state index in [1.54, 1.807) is 42.5 Å². The summed E-state index contributed by atoms with van der Waals surface area (Å²) in [5, 5.41) is 10.0. The number of hydrogen-bond acceptors (Lipinski definition) is 7. The van der Waals surface area contributed by atoms with Crippen molar-refractivity contribution in [2.45, 2.75) is 14.7 Å². The first-order valence-electron chi connectivity index (χ1n) is 11.3. The smallest absolute Gasteiger partial charge is 0.261 e. The summed E-state index contributed by atoms with van der Waals surface area (Å²) in [6.45, 7) is 0. The summed E-state index contributed by atoms with van der Waals surface area (Å²) in [6, 6.07) is 25.2. The molecule has 0 aliphatic rings. The minimum atomic E-state index is -3.97. The summed E-state index contributed by atoms with van der Waals surface area (Å²) in [6.07, 6.45) is 0. The summed E-state index contributed by atoms with van der Waals surface area (Å²) in [5.41, 5.74) is 0.497. The van der Waals surface area contributed by atoms with E-state index in [4.69, 9.17) is 27.9 Å². The largest absolute Gasteiger partial charge is 0.456 e. The predicted molar refractivity (Wildman–Crippen MR) is 154 cm³/mol. The van der Waals surface area contributed by atoms with Crippen LogP contribution < -0.4 is 9.46 Å². The van der Waals surface area contributed by atoms with E-state index in [9.17, 15) is 22.1 Å². The van der Waals surface area contributed by atoms with E-state index < -0.39 is 19.9 Å². The lowest BCUT2D eigenvalue weighted by atomic mass is 10.2. The third kappa shape index (κ3) is 7.26. The Hall–Kier alpha value is -3.20. The lowest BCUT2D eigenvalue weighted by Crippen LogP contribution is -2.14. The lowest BCUT2D eigenvalue weighted by molar-refractivity contribution is 0.480. The van der Waals surface area contributed by atoms with Gasteiger partial charge in [-0.1, -0.05) is 41.4 Å². The molecule has 0 saturated carbocycles. The maximum absolute atomic E-state index is 13.1. The summed E-state index contributed by atoms with van der Waals surface area (Å²) in [4.78, 5) is 0.747. The molecule has 4 rings (SSSR count). The normalized spacial score (nSPS) is 11.5. The highest BCUT2D eigenvalue weighted by Gasteiger charge is 2.18. The van der Waals surface area contributed by atoms with Gasteiger partial charge in [0.15, 0.2) is 9.84 Å². The molecule has 0 aromatic heterocycles. The number of para-hydroxylation sites is 1. The van der Waals surface area contributed by atoms with Crippen molar-refractivity contribution in [2.75, 3.05) is 16.2 Å². The second-order valence-corrected chi connectivity index (χ2v) is 13.8. The highest BCUT2D eigenvalue weighted by Crippen LogP contribution is 2.32. The Bertz CT molecular complexity index is 1740. The summed E-state index contributed by atoms with van der Waals surface area (Å²) in [7, 11) is -7.50. The van der Waals surface area contributed by atoms with Crippen LogP contribution in [0, 0.1) is 11.3 Å². The molecule has 200 valence electrons. The number of benzene rings is 4. The molecule has 0 atom stereocenters. The highest BCUT2D eigenvalue weighted by atomic mass is 35.5. The maximum atomic E-state index is 13.1. The number of hydrogen-bond donors (Lipinski definition) is 1. The third-order valence-electron chi connectivity index (χ3n) is 5.36. The van der Waals surface area contributed by atoms with Gasteiger partial charge in [-0.2, -0.15) is 5.26 Å². The molecule has 0 radical (unpaired) electrons. The zero-order valence-corrected chi connectivity index (χ0v) is 24.0. The number of ether oxygens (including phenoxy) is 1. The molecule has 12 heteroatoms. The number of sulfone groups is 1. The van der Waals surface area contributed by atoms with Gasteiger partial charge in [0.25, 0.3) is 10.0 Å². The Morgan fingerprint density at radius 1 is 0.821 bits per heavy atom. The number of nitrogens with one attached hydrogen (secondary N) is 1. The molecule has 0 fully saturated rings. The number of nitriles is 1. The maximum Gasteiger partial charge on any atom is 0.261 e. The van der Waals surface area contributed by atoms with E-state index in [1.165, 1.54) is 60.3 Å². The van der Waals surface area contributed by atoms with Gasteiger partial charge in [-0.25, -0.2) is 16.8 Å². The Morgan fingerprint density at radius 3 is 2.18 bits per heavy atom. The Labute approximate surface area is 241 Å². The number of sulfonamides is 1. The molecular weight excluding hydrogens is 599 g/mol. The van der Waals surface area contributed by atoms with E-state index >= 15 is 0 Å². The van der Waals surface area contributed by atoms with Crippen molar-refractivity contribution in [2.24, 2.45) is 0 Å². The number of thioether (sulfide) groups is 1. The SMILES string of the molecule is N#Cc1c(Cl)cccc1Oc1ccc(S(=O)(=O)Nc2ccccc2SCCS(=O)(=O)c2ccc(Cl)cc2)cc1. The van der Waals surface area contributed by atoms with Crippen molar-refractivity contribution in [3.63, 3.8) is 0 Å². The second-order valence-electron chi connectivity index (χ2n) is 8.02. The number of anilines is 1. The first-order valence-corrected chi connectivity index (χ1v) is 16.2. The van der Waals surface area contributed by atoms with Crippen LogP contribution in [0.4, 0.5) is 5.69 Å². The van der Waals surface area contributed by atoms with Crippen LogP contribution >= 0.6 is 35.0 Å². The van der Waals surface area contributed by atoms with E-state index in [2.05, 4.69) is 4.72 Å². The molecule has 1 N–H and O–H groups in total. The summed E-state index contributed by atoms with van der Waals surface area (Å²) < 4.78 is 59.7. The van der Waals surface area contributed by atoms with E-state index in [1.807, 2.05) is 6.07 Å². The van der Waals surface area contributed by atoms with Crippen molar-refractivity contribution >= 4 is 60.5 Å². The van der Waals surface area contributed by atoms with Crippen molar-refractivity contribution in [3.05, 3.63) is 107 Å². The van der Waals surface area contributed by atoms with Crippen LogP contribution in [-0.4, -0.2) is 28.3 Å². The van der Waals surface area contributed by atoms with Gasteiger partial charge in [-0.3, -0.25) is 4.72 Å². The van der Waals surface area contributed by atoms with Crippen molar-refractivity contribution in [1.29, 1.82) is 5.26 Å². The zero-order chi connectivity index (χ0) is 28.0. The van der Waals surface area contributed by atoms with E-state index in [0.29, 0.717) is 21.4 Å². The van der Waals surface area contributed by atoms with Gasteiger partial charge in [0.2, 0.25) is 0 Å². The molecule has 4 aromatic carbocycles. The van der Waals surface area contributed by atoms with Crippen LogP contribution in [0.25, 0.3) is 0 Å². The first-order chi connectivity index (χ1) is 18.6. The Kier molecular flexibility index (Phi) is 9.10. The molecule has 7 nitrogen and oxygen atoms in total. The van der Waals surface area contributed by atoms with E-state index in [-0.39, 0.29) is 37.6 Å².